The van der Waals surface area contributed by atoms with E-state index in [0.717, 1.165) is 16.8 Å². The third-order valence-electron chi connectivity index (χ3n) is 4.00. The van der Waals surface area contributed by atoms with Crippen molar-refractivity contribution in [3.05, 3.63) is 52.9 Å². The first kappa shape index (κ1) is 19.0. The number of aliphatic hydroxyl groups excluding tert-OH is 1. The van der Waals surface area contributed by atoms with E-state index in [1.54, 1.807) is 29.8 Å². The number of hydrogen-bond donors (Lipinski definition) is 2. The van der Waals surface area contributed by atoms with Crippen molar-refractivity contribution in [1.29, 1.82) is 0 Å². The number of aryl methyl sites for hydroxylation is 2. The van der Waals surface area contributed by atoms with Crippen LogP contribution < -0.4 is 5.32 Å². The minimum absolute atomic E-state index is 0.157. The van der Waals surface area contributed by atoms with Crippen LogP contribution in [0.4, 0.5) is 0 Å². The first-order valence-electron chi connectivity index (χ1n) is 8.44. The zero-order valence-corrected chi connectivity index (χ0v) is 16.0. The van der Waals surface area contributed by atoms with Gasteiger partial charge in [-0.1, -0.05) is 23.7 Å². The van der Waals surface area contributed by atoms with Crippen molar-refractivity contribution in [3.63, 3.8) is 0 Å². The van der Waals surface area contributed by atoms with Crippen molar-refractivity contribution < 1.29 is 9.90 Å². The Labute approximate surface area is 162 Å². The van der Waals surface area contributed by atoms with Gasteiger partial charge in [0.15, 0.2) is 5.82 Å². The molecule has 0 saturated carbocycles. The number of rotatable bonds is 5. The summed E-state index contributed by atoms with van der Waals surface area (Å²) in [6.45, 7) is 3.42. The number of nitrogens with one attached hydrogen (secondary N) is 1. The summed E-state index contributed by atoms with van der Waals surface area (Å²) in [6, 6.07) is 8.45. The lowest BCUT2D eigenvalue weighted by Crippen LogP contribution is -2.35. The summed E-state index contributed by atoms with van der Waals surface area (Å²) in [5.74, 6) is 0.0341. The van der Waals surface area contributed by atoms with Gasteiger partial charge in [0, 0.05) is 29.9 Å². The highest BCUT2D eigenvalue weighted by Crippen LogP contribution is 2.25. The maximum atomic E-state index is 12.6. The number of amides is 1. The molecule has 0 fully saturated rings. The molecule has 0 spiro atoms. The summed E-state index contributed by atoms with van der Waals surface area (Å²) in [4.78, 5) is 21.6. The van der Waals surface area contributed by atoms with Crippen LogP contribution in [0.2, 0.25) is 5.02 Å². The van der Waals surface area contributed by atoms with E-state index in [2.05, 4.69) is 20.4 Å². The van der Waals surface area contributed by atoms with Gasteiger partial charge in [0.1, 0.15) is 5.69 Å². The molecule has 0 aliphatic heterocycles. The number of carbonyl (C=O) groups excluding carboxylic acids is 1. The van der Waals surface area contributed by atoms with Crippen molar-refractivity contribution in [2.45, 2.75) is 19.9 Å². The first-order chi connectivity index (χ1) is 12.9. The average molecular weight is 386 g/mol. The fourth-order valence-electron chi connectivity index (χ4n) is 2.62. The van der Waals surface area contributed by atoms with Crippen LogP contribution in [-0.2, 0) is 7.05 Å². The van der Waals surface area contributed by atoms with Crippen LogP contribution in [0.1, 0.15) is 23.1 Å². The van der Waals surface area contributed by atoms with Gasteiger partial charge in [-0.3, -0.25) is 9.48 Å². The Bertz CT molecular complexity index is 969. The smallest absolute Gasteiger partial charge is 0.270 e. The predicted molar refractivity (Wildman–Crippen MR) is 103 cm³/mol. The molecule has 2 aromatic heterocycles. The zero-order chi connectivity index (χ0) is 19.6. The fraction of sp³-hybridized carbons (Fsp3) is 0.263. The third-order valence-corrected chi connectivity index (χ3v) is 4.26. The molecule has 0 aliphatic rings. The second-order valence-corrected chi connectivity index (χ2v) is 6.76. The van der Waals surface area contributed by atoms with Gasteiger partial charge in [-0.05, 0) is 32.0 Å². The lowest BCUT2D eigenvalue weighted by Gasteiger charge is -2.12. The van der Waals surface area contributed by atoms with Gasteiger partial charge >= 0.3 is 0 Å². The number of nitrogens with zero attached hydrogens (tertiary/aromatic N) is 4. The summed E-state index contributed by atoms with van der Waals surface area (Å²) in [5.41, 5.74) is 3.14. The number of halogens is 1. The fourth-order valence-corrected chi connectivity index (χ4v) is 2.74. The number of benzene rings is 1. The van der Waals surface area contributed by atoms with Gasteiger partial charge in [0.05, 0.1) is 23.6 Å². The Balaban J connectivity index is 2.11. The molecule has 3 aromatic rings. The lowest BCUT2D eigenvalue weighted by atomic mass is 10.1. The van der Waals surface area contributed by atoms with E-state index in [9.17, 15) is 9.90 Å². The number of aromatic nitrogens is 4. The van der Waals surface area contributed by atoms with Crippen LogP contribution in [0.25, 0.3) is 22.6 Å². The van der Waals surface area contributed by atoms with Crippen molar-refractivity contribution in [1.82, 2.24) is 25.1 Å². The topological polar surface area (TPSA) is 92.9 Å². The van der Waals surface area contributed by atoms with Gasteiger partial charge in [-0.25, -0.2) is 9.97 Å². The Hall–Kier alpha value is -2.77. The molecule has 0 aliphatic carbocycles. The van der Waals surface area contributed by atoms with Gasteiger partial charge < -0.3 is 10.4 Å². The van der Waals surface area contributed by atoms with Crippen molar-refractivity contribution in [2.75, 3.05) is 6.61 Å². The second-order valence-electron chi connectivity index (χ2n) is 6.33. The van der Waals surface area contributed by atoms with E-state index < -0.39 is 0 Å². The molecular weight excluding hydrogens is 366 g/mol. The summed E-state index contributed by atoms with van der Waals surface area (Å²) in [5, 5.41) is 16.8. The summed E-state index contributed by atoms with van der Waals surface area (Å²) in [6.07, 6.45) is 1.81. The van der Waals surface area contributed by atoms with E-state index in [4.69, 9.17) is 11.6 Å². The first-order valence-corrected chi connectivity index (χ1v) is 8.82. The molecule has 140 valence electrons. The van der Waals surface area contributed by atoms with Crippen LogP contribution in [0, 0.1) is 6.92 Å². The summed E-state index contributed by atoms with van der Waals surface area (Å²) < 4.78 is 1.68. The van der Waals surface area contributed by atoms with Crippen LogP contribution in [-0.4, -0.2) is 43.4 Å². The molecule has 2 heterocycles. The van der Waals surface area contributed by atoms with Gasteiger partial charge in [0.25, 0.3) is 5.91 Å². The minimum atomic E-state index is -0.380. The van der Waals surface area contributed by atoms with E-state index in [1.807, 2.05) is 32.3 Å². The maximum Gasteiger partial charge on any atom is 0.270 e. The van der Waals surface area contributed by atoms with E-state index >= 15 is 0 Å². The number of hydrogen-bond acceptors (Lipinski definition) is 5. The van der Waals surface area contributed by atoms with Crippen molar-refractivity contribution in [3.8, 4) is 22.6 Å². The normalized spacial score (nSPS) is 12.0. The predicted octanol–water partition coefficient (Wildman–Crippen LogP) is 2.62. The molecule has 0 radical (unpaired) electrons. The quantitative estimate of drug-likeness (QED) is 0.704. The second kappa shape index (κ2) is 7.85. The average Bonchev–Trinajstić information content (AvgIpc) is 3.00. The van der Waals surface area contributed by atoms with Gasteiger partial charge in [-0.15, -0.1) is 0 Å². The largest absolute Gasteiger partial charge is 0.394 e. The SMILES string of the molecule is Cc1nn(C)cc1-c1nc(C(=O)N[C@@H](C)CO)cc(-c2ccc(Cl)cc2)n1. The summed E-state index contributed by atoms with van der Waals surface area (Å²) >= 11 is 5.97. The Morgan fingerprint density at radius 1 is 1.30 bits per heavy atom. The van der Waals surface area contributed by atoms with Gasteiger partial charge in [-0.2, -0.15) is 5.10 Å². The lowest BCUT2D eigenvalue weighted by molar-refractivity contribution is 0.0917. The molecule has 1 amide bonds. The Morgan fingerprint density at radius 3 is 2.59 bits per heavy atom. The van der Waals surface area contributed by atoms with Crippen LogP contribution >= 0.6 is 11.6 Å². The highest BCUT2D eigenvalue weighted by atomic mass is 35.5. The molecule has 3 rings (SSSR count). The van der Waals surface area contributed by atoms with Gasteiger partial charge in [0.2, 0.25) is 0 Å². The van der Waals surface area contributed by atoms with E-state index in [1.165, 1.54) is 0 Å². The van der Waals surface area contributed by atoms with Crippen molar-refractivity contribution >= 4 is 17.5 Å². The third kappa shape index (κ3) is 4.32. The summed E-state index contributed by atoms with van der Waals surface area (Å²) in [7, 11) is 1.82. The monoisotopic (exact) mass is 385 g/mol. The zero-order valence-electron chi connectivity index (χ0n) is 15.3. The Kier molecular flexibility index (Phi) is 5.53. The van der Waals surface area contributed by atoms with Crippen molar-refractivity contribution in [2.24, 2.45) is 7.05 Å². The number of carbonyl (C=O) groups is 1. The van der Waals surface area contributed by atoms with Crippen LogP contribution in [0.5, 0.6) is 0 Å². The highest BCUT2D eigenvalue weighted by molar-refractivity contribution is 6.30. The molecule has 1 aromatic carbocycles. The molecule has 8 heteroatoms. The van der Waals surface area contributed by atoms with Crippen LogP contribution in [0.15, 0.2) is 36.5 Å². The highest BCUT2D eigenvalue weighted by Gasteiger charge is 2.17. The Morgan fingerprint density at radius 2 is 2.00 bits per heavy atom. The van der Waals surface area contributed by atoms with E-state index in [0.29, 0.717) is 16.5 Å². The standard InChI is InChI=1S/C19H20ClN5O2/c1-11(10-26)21-19(27)17-8-16(13-4-6-14(20)7-5-13)22-18(23-17)15-9-25(3)24-12(15)2/h4-9,11,26H,10H2,1-3H3,(H,21,27)/t11-/m0/s1. The molecular formula is C19H20ClN5O2. The molecule has 7 nitrogen and oxygen atoms in total. The molecule has 27 heavy (non-hydrogen) atoms. The molecule has 0 bridgehead atoms. The minimum Gasteiger partial charge on any atom is -0.394 e. The van der Waals surface area contributed by atoms with Crippen LogP contribution in [0.3, 0.4) is 0 Å². The molecule has 0 saturated heterocycles. The van der Waals surface area contributed by atoms with E-state index in [-0.39, 0.29) is 24.2 Å². The molecule has 1 atom stereocenters. The molecule has 0 unspecified atom stereocenters. The maximum absolute atomic E-state index is 12.6. The number of aliphatic hydroxyl groups is 1. The molecule has 2 N–H and O–H groups in total.